The number of benzene rings is 1. The fraction of sp³-hybridized carbons (Fsp3) is 0.421. The van der Waals surface area contributed by atoms with Crippen LogP contribution in [0.15, 0.2) is 30.6 Å². The molecule has 0 unspecified atom stereocenters. The van der Waals surface area contributed by atoms with Crippen LogP contribution in [0.5, 0.6) is 0 Å². The predicted octanol–water partition coefficient (Wildman–Crippen LogP) is 2.81. The second-order valence-corrected chi connectivity index (χ2v) is 6.61. The number of piperidine rings is 1. The Balaban J connectivity index is 1.66. The number of nitrogens with one attached hydrogen (secondary N) is 1. The average Bonchev–Trinajstić information content (AvgIpc) is 2.73. The van der Waals surface area contributed by atoms with Gasteiger partial charge >= 0.3 is 5.97 Å². The molecule has 0 bridgehead atoms. The van der Waals surface area contributed by atoms with Gasteiger partial charge in [-0.3, -0.25) is 10.1 Å². The number of esters is 1. The van der Waals surface area contributed by atoms with Gasteiger partial charge < -0.3 is 15.0 Å². The highest BCUT2D eigenvalue weighted by atomic mass is 16.6. The van der Waals surface area contributed by atoms with E-state index >= 15 is 0 Å². The Morgan fingerprint density at radius 2 is 2.07 bits per heavy atom. The Morgan fingerprint density at radius 1 is 1.32 bits per heavy atom. The van der Waals surface area contributed by atoms with Crippen LogP contribution in [-0.4, -0.2) is 47.1 Å². The molecular weight excluding hydrogens is 362 g/mol. The number of carbonyl (C=O) groups excluding carboxylic acids is 1. The number of carbonyl (C=O) groups is 1. The number of nitrogens with zero attached hydrogens (tertiary/aromatic N) is 4. The molecule has 148 valence electrons. The van der Waals surface area contributed by atoms with E-state index in [1.54, 1.807) is 12.4 Å². The van der Waals surface area contributed by atoms with Crippen molar-refractivity contribution in [3.8, 4) is 0 Å². The van der Waals surface area contributed by atoms with E-state index < -0.39 is 10.9 Å². The van der Waals surface area contributed by atoms with E-state index in [4.69, 9.17) is 0 Å². The van der Waals surface area contributed by atoms with E-state index in [0.717, 1.165) is 43.9 Å². The maximum Gasteiger partial charge on any atom is 0.344 e. The second kappa shape index (κ2) is 8.64. The Bertz CT molecular complexity index is 865. The van der Waals surface area contributed by atoms with Crippen molar-refractivity contribution in [1.29, 1.82) is 0 Å². The van der Waals surface area contributed by atoms with Crippen molar-refractivity contribution < 1.29 is 14.5 Å². The van der Waals surface area contributed by atoms with Crippen LogP contribution in [0.4, 0.5) is 17.2 Å². The summed E-state index contributed by atoms with van der Waals surface area (Å²) in [6, 6.07) is 6.66. The molecule has 3 rings (SSSR count). The molecule has 1 aromatic carbocycles. The molecule has 1 saturated heterocycles. The third-order valence-electron chi connectivity index (χ3n) is 4.86. The lowest BCUT2D eigenvalue weighted by Gasteiger charge is -2.33. The molecule has 0 spiro atoms. The van der Waals surface area contributed by atoms with Crippen LogP contribution >= 0.6 is 0 Å². The Morgan fingerprint density at radius 3 is 2.71 bits per heavy atom. The molecular formula is C19H23N5O4. The van der Waals surface area contributed by atoms with E-state index in [0.29, 0.717) is 5.69 Å². The topological polar surface area (TPSA) is 110 Å². The normalized spacial score (nSPS) is 14.6. The molecule has 9 heteroatoms. The molecule has 0 radical (unpaired) electrons. The van der Waals surface area contributed by atoms with Crippen LogP contribution in [0.2, 0.25) is 0 Å². The quantitative estimate of drug-likeness (QED) is 0.459. The third-order valence-corrected chi connectivity index (χ3v) is 4.86. The van der Waals surface area contributed by atoms with Crippen LogP contribution in [0, 0.1) is 10.1 Å². The number of aryl methyl sites for hydroxylation is 1. The van der Waals surface area contributed by atoms with Gasteiger partial charge in [-0.1, -0.05) is 6.92 Å². The molecule has 0 atom stereocenters. The molecule has 1 aliphatic heterocycles. The molecule has 2 aromatic rings. The van der Waals surface area contributed by atoms with Crippen LogP contribution in [0.25, 0.3) is 0 Å². The smallest absolute Gasteiger partial charge is 0.344 e. The molecule has 1 aromatic heterocycles. The van der Waals surface area contributed by atoms with Crippen molar-refractivity contribution in [3.63, 3.8) is 0 Å². The van der Waals surface area contributed by atoms with E-state index in [9.17, 15) is 14.9 Å². The molecule has 1 fully saturated rings. The minimum atomic E-state index is -0.722. The summed E-state index contributed by atoms with van der Waals surface area (Å²) >= 11 is 0. The average molecular weight is 385 g/mol. The Kier molecular flexibility index (Phi) is 6.03. The monoisotopic (exact) mass is 385 g/mol. The lowest BCUT2D eigenvalue weighted by molar-refractivity contribution is -0.385. The van der Waals surface area contributed by atoms with E-state index in [2.05, 4.69) is 31.8 Å². The zero-order chi connectivity index (χ0) is 20.1. The summed E-state index contributed by atoms with van der Waals surface area (Å²) in [7, 11) is 1.21. The lowest BCUT2D eigenvalue weighted by atomic mass is 10.0. The van der Waals surface area contributed by atoms with Crippen LogP contribution in [-0.2, 0) is 11.2 Å². The maximum absolute atomic E-state index is 11.9. The van der Waals surface area contributed by atoms with Crippen molar-refractivity contribution in [2.75, 3.05) is 30.4 Å². The number of methoxy groups -OCH3 is 1. The minimum absolute atomic E-state index is 0.0528. The van der Waals surface area contributed by atoms with Crippen molar-refractivity contribution >= 4 is 23.2 Å². The third kappa shape index (κ3) is 4.36. The van der Waals surface area contributed by atoms with Crippen LogP contribution in [0.1, 0.15) is 35.8 Å². The maximum atomic E-state index is 11.9. The van der Waals surface area contributed by atoms with Gasteiger partial charge in [0.1, 0.15) is 17.7 Å². The molecule has 1 N–H and O–H groups in total. The first-order chi connectivity index (χ1) is 13.5. The first kappa shape index (κ1) is 19.5. The van der Waals surface area contributed by atoms with Gasteiger partial charge in [0.15, 0.2) is 0 Å². The molecule has 1 aliphatic rings. The highest BCUT2D eigenvalue weighted by Crippen LogP contribution is 2.26. The zero-order valence-electron chi connectivity index (χ0n) is 15.9. The fourth-order valence-corrected chi connectivity index (χ4v) is 3.30. The first-order valence-corrected chi connectivity index (χ1v) is 9.21. The molecule has 2 heterocycles. The summed E-state index contributed by atoms with van der Waals surface area (Å²) < 4.78 is 4.66. The first-order valence-electron chi connectivity index (χ1n) is 9.21. The fourth-order valence-electron chi connectivity index (χ4n) is 3.30. The Labute approximate surface area is 162 Å². The van der Waals surface area contributed by atoms with E-state index in [1.807, 2.05) is 6.07 Å². The summed E-state index contributed by atoms with van der Waals surface area (Å²) in [4.78, 5) is 33.2. The number of nitro benzene ring substituents is 1. The standard InChI is InChI=1S/C19H23N5O4/c1-3-13-11-18(21-12-20-13)23-8-6-14(7-9-23)22-15-4-5-17(24(26)27)16(10-15)19(25)28-2/h4-5,10-12,14,22H,3,6-9H2,1-2H3. The van der Waals surface area contributed by atoms with Crippen LogP contribution < -0.4 is 10.2 Å². The SMILES string of the molecule is CCc1cc(N2CCC(Nc3ccc([N+](=O)[O-])c(C(=O)OC)c3)CC2)ncn1. The number of rotatable bonds is 6. The van der Waals surface area contributed by atoms with Gasteiger partial charge in [0.25, 0.3) is 5.69 Å². The van der Waals surface area contributed by atoms with Gasteiger partial charge in [-0.2, -0.15) is 0 Å². The van der Waals surface area contributed by atoms with Crippen molar-refractivity contribution in [2.45, 2.75) is 32.2 Å². The number of hydrogen-bond acceptors (Lipinski definition) is 8. The van der Waals surface area contributed by atoms with Gasteiger partial charge in [-0.15, -0.1) is 0 Å². The van der Waals surface area contributed by atoms with Crippen molar-refractivity contribution in [1.82, 2.24) is 9.97 Å². The van der Waals surface area contributed by atoms with Crippen molar-refractivity contribution in [2.24, 2.45) is 0 Å². The van der Waals surface area contributed by atoms with Crippen molar-refractivity contribution in [3.05, 3.63) is 52.0 Å². The van der Waals surface area contributed by atoms with E-state index in [-0.39, 0.29) is 17.3 Å². The minimum Gasteiger partial charge on any atom is -0.465 e. The highest BCUT2D eigenvalue weighted by Gasteiger charge is 2.24. The van der Waals surface area contributed by atoms with Crippen LogP contribution in [0.3, 0.4) is 0 Å². The van der Waals surface area contributed by atoms with Gasteiger partial charge in [-0.05, 0) is 31.4 Å². The molecule has 0 amide bonds. The van der Waals surface area contributed by atoms with Gasteiger partial charge in [0, 0.05) is 42.6 Å². The summed E-state index contributed by atoms with van der Waals surface area (Å²) in [6.45, 7) is 3.75. The summed E-state index contributed by atoms with van der Waals surface area (Å²) in [5.74, 6) is 0.217. The number of hydrogen-bond donors (Lipinski definition) is 1. The molecule has 28 heavy (non-hydrogen) atoms. The summed E-state index contributed by atoms with van der Waals surface area (Å²) in [5, 5.41) is 14.5. The number of aromatic nitrogens is 2. The highest BCUT2D eigenvalue weighted by molar-refractivity contribution is 5.95. The van der Waals surface area contributed by atoms with E-state index in [1.165, 1.54) is 19.2 Å². The second-order valence-electron chi connectivity index (χ2n) is 6.61. The summed E-state index contributed by atoms with van der Waals surface area (Å²) in [5.41, 5.74) is 1.37. The largest absolute Gasteiger partial charge is 0.465 e. The number of anilines is 2. The molecule has 9 nitrogen and oxygen atoms in total. The molecule has 0 saturated carbocycles. The summed E-state index contributed by atoms with van der Waals surface area (Å²) in [6.07, 6.45) is 4.24. The number of ether oxygens (including phenoxy) is 1. The Hall–Kier alpha value is -3.23. The lowest BCUT2D eigenvalue weighted by Crippen LogP contribution is -2.39. The zero-order valence-corrected chi connectivity index (χ0v) is 15.9. The predicted molar refractivity (Wildman–Crippen MR) is 105 cm³/mol. The number of nitro groups is 1. The van der Waals surface area contributed by atoms with Gasteiger partial charge in [0.05, 0.1) is 12.0 Å². The molecule has 0 aliphatic carbocycles. The van der Waals surface area contributed by atoms with Gasteiger partial charge in [0.2, 0.25) is 0 Å². The van der Waals surface area contributed by atoms with Gasteiger partial charge in [-0.25, -0.2) is 14.8 Å².